The third kappa shape index (κ3) is 7.02. The zero-order valence-corrected chi connectivity index (χ0v) is 10.9. The second-order valence-electron chi connectivity index (χ2n) is 3.81. The summed E-state index contributed by atoms with van der Waals surface area (Å²) in [7, 11) is 0. The topological polar surface area (TPSA) is 141 Å². The molecular formula is C13H17NO6. The van der Waals surface area contributed by atoms with Crippen molar-refractivity contribution in [1.29, 1.82) is 0 Å². The average Bonchev–Trinajstić information content (AvgIpc) is 2.34. The number of phenols is 2. The Kier molecular flexibility index (Phi) is 7.46. The minimum Gasteiger partial charge on any atom is -0.504 e. The predicted octanol–water partition coefficient (Wildman–Crippen LogP) is 0.699. The molecule has 0 saturated carbocycles. The number of nitrogens with two attached hydrogens (primary N) is 1. The first-order valence-corrected chi connectivity index (χ1v) is 5.62. The molecule has 1 rings (SSSR count). The number of aliphatic carboxylic acids is 2. The summed E-state index contributed by atoms with van der Waals surface area (Å²) in [5.74, 6) is -2.51. The van der Waals surface area contributed by atoms with E-state index in [0.717, 1.165) is 6.08 Å². The summed E-state index contributed by atoms with van der Waals surface area (Å²) in [6.07, 6.45) is 2.67. The Balaban J connectivity index is 0.000000511. The number of benzene rings is 1. The molecule has 0 spiro atoms. The quantitative estimate of drug-likeness (QED) is 0.404. The van der Waals surface area contributed by atoms with Crippen LogP contribution < -0.4 is 5.73 Å². The van der Waals surface area contributed by atoms with E-state index < -0.39 is 18.0 Å². The van der Waals surface area contributed by atoms with Crippen LogP contribution in [0.25, 0.3) is 0 Å². The second-order valence-corrected chi connectivity index (χ2v) is 3.81. The van der Waals surface area contributed by atoms with Crippen molar-refractivity contribution in [3.63, 3.8) is 0 Å². The molecule has 0 radical (unpaired) electrons. The van der Waals surface area contributed by atoms with E-state index in [4.69, 9.17) is 26.2 Å². The maximum atomic E-state index is 10.4. The van der Waals surface area contributed by atoms with Crippen molar-refractivity contribution < 1.29 is 30.0 Å². The monoisotopic (exact) mass is 283 g/mol. The minimum atomic E-state index is -1.10. The van der Waals surface area contributed by atoms with E-state index in [1.165, 1.54) is 24.3 Å². The SMILES string of the molecule is CC=CC(=O)O.N[C@@H](Cc1ccc(O)c(O)c1)C(=O)O. The molecule has 0 aliphatic carbocycles. The predicted molar refractivity (Wildman–Crippen MR) is 71.5 cm³/mol. The number of allylic oxidation sites excluding steroid dienone is 1. The Morgan fingerprint density at radius 3 is 2.20 bits per heavy atom. The van der Waals surface area contributed by atoms with Crippen LogP contribution in [0.3, 0.4) is 0 Å². The molecule has 7 heteroatoms. The summed E-state index contributed by atoms with van der Waals surface area (Å²) in [6, 6.07) is 3.09. The van der Waals surface area contributed by atoms with Gasteiger partial charge in [-0.1, -0.05) is 12.1 Å². The molecule has 0 fully saturated rings. The second kappa shape index (κ2) is 8.54. The minimum absolute atomic E-state index is 0.114. The van der Waals surface area contributed by atoms with E-state index in [1.54, 1.807) is 6.92 Å². The van der Waals surface area contributed by atoms with Gasteiger partial charge in [0.1, 0.15) is 6.04 Å². The van der Waals surface area contributed by atoms with Gasteiger partial charge in [0.05, 0.1) is 0 Å². The molecule has 20 heavy (non-hydrogen) atoms. The van der Waals surface area contributed by atoms with Crippen molar-refractivity contribution in [2.24, 2.45) is 5.73 Å². The van der Waals surface area contributed by atoms with Gasteiger partial charge >= 0.3 is 11.9 Å². The molecule has 0 amide bonds. The Hall–Kier alpha value is -2.54. The highest BCUT2D eigenvalue weighted by Crippen LogP contribution is 2.25. The molecule has 7 nitrogen and oxygen atoms in total. The first kappa shape index (κ1) is 17.5. The molecule has 1 aromatic rings. The fourth-order valence-electron chi connectivity index (χ4n) is 1.18. The van der Waals surface area contributed by atoms with Gasteiger partial charge < -0.3 is 26.2 Å². The number of rotatable bonds is 4. The fourth-order valence-corrected chi connectivity index (χ4v) is 1.18. The van der Waals surface area contributed by atoms with Crippen LogP contribution in [0.4, 0.5) is 0 Å². The molecule has 0 heterocycles. The summed E-state index contributed by atoms with van der Waals surface area (Å²) in [5.41, 5.74) is 5.86. The third-order valence-electron chi connectivity index (χ3n) is 2.12. The van der Waals surface area contributed by atoms with E-state index in [-0.39, 0.29) is 17.9 Å². The molecule has 0 unspecified atom stereocenters. The summed E-state index contributed by atoms with van der Waals surface area (Å²) in [5, 5.41) is 34.5. The number of aromatic hydroxyl groups is 2. The molecular weight excluding hydrogens is 266 g/mol. The lowest BCUT2D eigenvalue weighted by Gasteiger charge is -2.06. The number of hydrogen-bond acceptors (Lipinski definition) is 5. The van der Waals surface area contributed by atoms with Crippen molar-refractivity contribution in [2.75, 3.05) is 0 Å². The Labute approximate surface area is 115 Å². The number of carboxylic acids is 2. The lowest BCUT2D eigenvalue weighted by Crippen LogP contribution is -2.32. The lowest BCUT2D eigenvalue weighted by molar-refractivity contribution is -0.138. The molecule has 0 aliphatic heterocycles. The van der Waals surface area contributed by atoms with Gasteiger partial charge in [0.2, 0.25) is 0 Å². The van der Waals surface area contributed by atoms with Crippen LogP contribution in [0.5, 0.6) is 11.5 Å². The average molecular weight is 283 g/mol. The van der Waals surface area contributed by atoms with Crippen LogP contribution in [0.15, 0.2) is 30.4 Å². The van der Waals surface area contributed by atoms with E-state index in [0.29, 0.717) is 5.56 Å². The van der Waals surface area contributed by atoms with Crippen molar-refractivity contribution in [3.8, 4) is 11.5 Å². The van der Waals surface area contributed by atoms with Crippen LogP contribution in [0.2, 0.25) is 0 Å². The van der Waals surface area contributed by atoms with E-state index in [9.17, 15) is 9.59 Å². The van der Waals surface area contributed by atoms with Gasteiger partial charge in [-0.2, -0.15) is 0 Å². The van der Waals surface area contributed by atoms with E-state index in [1.807, 2.05) is 0 Å². The molecule has 0 saturated heterocycles. The molecule has 0 aliphatic rings. The normalized spacial score (nSPS) is 11.5. The van der Waals surface area contributed by atoms with Gasteiger partial charge in [0.25, 0.3) is 0 Å². The van der Waals surface area contributed by atoms with E-state index in [2.05, 4.69) is 0 Å². The van der Waals surface area contributed by atoms with Crippen molar-refractivity contribution in [2.45, 2.75) is 19.4 Å². The van der Waals surface area contributed by atoms with Gasteiger partial charge in [0.15, 0.2) is 11.5 Å². The van der Waals surface area contributed by atoms with Gasteiger partial charge in [-0.3, -0.25) is 4.79 Å². The first-order valence-electron chi connectivity index (χ1n) is 5.62. The molecule has 110 valence electrons. The maximum Gasteiger partial charge on any atom is 0.327 e. The van der Waals surface area contributed by atoms with Gasteiger partial charge in [-0.15, -0.1) is 0 Å². The maximum absolute atomic E-state index is 10.4. The van der Waals surface area contributed by atoms with E-state index >= 15 is 0 Å². The van der Waals surface area contributed by atoms with Crippen LogP contribution in [-0.2, 0) is 16.0 Å². The van der Waals surface area contributed by atoms with Crippen LogP contribution in [-0.4, -0.2) is 38.4 Å². The molecule has 0 bridgehead atoms. The Morgan fingerprint density at radius 2 is 1.85 bits per heavy atom. The molecule has 6 N–H and O–H groups in total. The third-order valence-corrected chi connectivity index (χ3v) is 2.12. The largest absolute Gasteiger partial charge is 0.504 e. The Bertz CT molecular complexity index is 498. The van der Waals surface area contributed by atoms with Crippen LogP contribution in [0, 0.1) is 0 Å². The zero-order valence-electron chi connectivity index (χ0n) is 10.9. The van der Waals surface area contributed by atoms with Crippen molar-refractivity contribution >= 4 is 11.9 Å². The highest BCUT2D eigenvalue weighted by atomic mass is 16.4. The summed E-state index contributed by atoms with van der Waals surface area (Å²) in [4.78, 5) is 19.9. The highest BCUT2D eigenvalue weighted by molar-refractivity contribution is 5.79. The highest BCUT2D eigenvalue weighted by Gasteiger charge is 2.12. The van der Waals surface area contributed by atoms with Crippen molar-refractivity contribution in [1.82, 2.24) is 0 Å². The van der Waals surface area contributed by atoms with Gasteiger partial charge in [-0.05, 0) is 31.0 Å². The smallest absolute Gasteiger partial charge is 0.327 e. The fraction of sp³-hybridized carbons (Fsp3) is 0.231. The number of carbonyl (C=O) groups is 2. The lowest BCUT2D eigenvalue weighted by atomic mass is 10.1. The van der Waals surface area contributed by atoms with Crippen molar-refractivity contribution in [3.05, 3.63) is 35.9 Å². The summed E-state index contributed by atoms with van der Waals surface area (Å²) < 4.78 is 0. The first-order chi connectivity index (χ1) is 9.27. The van der Waals surface area contributed by atoms with Crippen LogP contribution >= 0.6 is 0 Å². The van der Waals surface area contributed by atoms with Gasteiger partial charge in [-0.25, -0.2) is 4.79 Å². The van der Waals surface area contributed by atoms with Gasteiger partial charge in [0, 0.05) is 6.08 Å². The number of carboxylic acid groups (broad SMARTS) is 2. The molecule has 1 atom stereocenters. The standard InChI is InChI=1S/C9H11NO4.C4H6O2/c10-6(9(13)14)3-5-1-2-7(11)8(12)4-5;1-2-3-4(5)6/h1-2,4,6,11-12H,3,10H2,(H,13,14);2-3H,1H3,(H,5,6)/t6-;/m0./s1. The number of hydrogen-bond donors (Lipinski definition) is 5. The summed E-state index contributed by atoms with van der Waals surface area (Å²) >= 11 is 0. The summed E-state index contributed by atoms with van der Waals surface area (Å²) in [6.45, 7) is 1.66. The van der Waals surface area contributed by atoms with Crippen LogP contribution in [0.1, 0.15) is 12.5 Å². The Morgan fingerprint density at radius 1 is 1.25 bits per heavy atom. The number of phenolic OH excluding ortho intramolecular Hbond substituents is 2. The molecule has 1 aromatic carbocycles. The molecule has 0 aromatic heterocycles. The zero-order chi connectivity index (χ0) is 15.7.